The molecule has 0 saturated heterocycles. The summed E-state index contributed by atoms with van der Waals surface area (Å²) >= 11 is 0. The highest BCUT2D eigenvalue weighted by Gasteiger charge is 2.40. The minimum absolute atomic E-state index is 0.0315. The quantitative estimate of drug-likeness (QED) is 0.488. The molecule has 22 heavy (non-hydrogen) atoms. The lowest BCUT2D eigenvalue weighted by Gasteiger charge is -2.42. The molecule has 0 aromatic carbocycles. The molecular formula is C19H36O3. The van der Waals surface area contributed by atoms with Crippen molar-refractivity contribution in [3.8, 4) is 0 Å². The van der Waals surface area contributed by atoms with E-state index >= 15 is 0 Å². The summed E-state index contributed by atoms with van der Waals surface area (Å²) in [5, 5.41) is 11.0. The number of ether oxygens (including phenoxy) is 2. The topological polar surface area (TPSA) is 38.7 Å². The van der Waals surface area contributed by atoms with Crippen molar-refractivity contribution in [2.75, 3.05) is 26.4 Å². The van der Waals surface area contributed by atoms with Crippen LogP contribution in [-0.2, 0) is 9.47 Å². The van der Waals surface area contributed by atoms with Gasteiger partial charge in [0, 0.05) is 11.8 Å². The van der Waals surface area contributed by atoms with Crippen LogP contribution in [-0.4, -0.2) is 37.6 Å². The lowest BCUT2D eigenvalue weighted by Crippen LogP contribution is -2.46. The summed E-state index contributed by atoms with van der Waals surface area (Å²) in [5.74, 6) is 0.0630. The fraction of sp³-hybridized carbons (Fsp3) is 0.789. The van der Waals surface area contributed by atoms with E-state index < -0.39 is 6.10 Å². The van der Waals surface area contributed by atoms with Crippen LogP contribution in [0.5, 0.6) is 0 Å². The second kappa shape index (κ2) is 9.49. The van der Waals surface area contributed by atoms with Crippen LogP contribution in [0.15, 0.2) is 25.3 Å². The van der Waals surface area contributed by atoms with Crippen LogP contribution in [0.4, 0.5) is 0 Å². The van der Waals surface area contributed by atoms with Crippen molar-refractivity contribution in [2.24, 2.45) is 22.7 Å². The van der Waals surface area contributed by atoms with Gasteiger partial charge in [-0.25, -0.2) is 0 Å². The molecule has 0 saturated carbocycles. The Balaban J connectivity index is 5.10. The van der Waals surface area contributed by atoms with Gasteiger partial charge >= 0.3 is 0 Å². The molecule has 0 aromatic rings. The Kier molecular flexibility index (Phi) is 9.21. The molecule has 0 radical (unpaired) electrons. The molecule has 2 atom stereocenters. The molecule has 0 aliphatic rings. The molecule has 0 fully saturated rings. The molecule has 0 bridgehead atoms. The Labute approximate surface area is 137 Å². The van der Waals surface area contributed by atoms with Crippen molar-refractivity contribution in [1.82, 2.24) is 0 Å². The number of aliphatic hydroxyl groups excluding tert-OH is 1. The molecular weight excluding hydrogens is 276 g/mol. The predicted octanol–water partition coefficient (Wildman–Crippen LogP) is 4.08. The standard InChI is InChI=1S/C19H36O3/c1-9-11-21-13-15(18(3,4)5)17(20)16(19(6,7)8)14-22-12-10-2/h9-10,15-17,20H,1-2,11-14H2,3-8H3. The van der Waals surface area contributed by atoms with Gasteiger partial charge in [0.05, 0.1) is 32.5 Å². The molecule has 0 heterocycles. The molecule has 2 unspecified atom stereocenters. The van der Waals surface area contributed by atoms with E-state index in [1.807, 2.05) is 0 Å². The molecule has 0 rings (SSSR count). The Bertz CT molecular complexity index is 291. The van der Waals surface area contributed by atoms with Crippen molar-refractivity contribution >= 4 is 0 Å². The lowest BCUT2D eigenvalue weighted by atomic mass is 9.68. The van der Waals surface area contributed by atoms with Crippen LogP contribution >= 0.6 is 0 Å². The van der Waals surface area contributed by atoms with Crippen LogP contribution in [0.3, 0.4) is 0 Å². The number of rotatable bonds is 10. The van der Waals surface area contributed by atoms with E-state index in [0.29, 0.717) is 26.4 Å². The number of hydrogen-bond acceptors (Lipinski definition) is 3. The smallest absolute Gasteiger partial charge is 0.0650 e. The highest BCUT2D eigenvalue weighted by Crippen LogP contribution is 2.38. The molecule has 3 heteroatoms. The summed E-state index contributed by atoms with van der Waals surface area (Å²) in [7, 11) is 0. The zero-order valence-electron chi connectivity index (χ0n) is 15.4. The number of hydrogen-bond donors (Lipinski definition) is 1. The maximum atomic E-state index is 11.0. The van der Waals surface area contributed by atoms with Gasteiger partial charge in [-0.2, -0.15) is 0 Å². The van der Waals surface area contributed by atoms with Crippen LogP contribution in [0.25, 0.3) is 0 Å². The van der Waals surface area contributed by atoms with E-state index in [-0.39, 0.29) is 22.7 Å². The van der Waals surface area contributed by atoms with E-state index in [0.717, 1.165) is 0 Å². The fourth-order valence-corrected chi connectivity index (χ4v) is 2.56. The zero-order chi connectivity index (χ0) is 17.4. The summed E-state index contributed by atoms with van der Waals surface area (Å²) in [5.41, 5.74) is -0.106. The second-order valence-corrected chi connectivity index (χ2v) is 8.09. The molecule has 0 spiro atoms. The first-order chi connectivity index (χ1) is 10.1. The number of aliphatic hydroxyl groups is 1. The van der Waals surface area contributed by atoms with Gasteiger partial charge in [-0.1, -0.05) is 53.7 Å². The molecule has 1 N–H and O–H groups in total. The average Bonchev–Trinajstić information content (AvgIpc) is 2.36. The van der Waals surface area contributed by atoms with Gasteiger partial charge in [-0.05, 0) is 10.8 Å². The van der Waals surface area contributed by atoms with Gasteiger partial charge in [0.15, 0.2) is 0 Å². The third-order valence-electron chi connectivity index (χ3n) is 4.12. The summed E-state index contributed by atoms with van der Waals surface area (Å²) in [6.45, 7) is 22.2. The summed E-state index contributed by atoms with van der Waals surface area (Å²) in [6.07, 6.45) is 2.98. The summed E-state index contributed by atoms with van der Waals surface area (Å²) in [6, 6.07) is 0. The second-order valence-electron chi connectivity index (χ2n) is 8.09. The molecule has 0 aliphatic carbocycles. The Morgan fingerprint density at radius 1 is 0.818 bits per heavy atom. The first kappa shape index (κ1) is 21.4. The monoisotopic (exact) mass is 312 g/mol. The van der Waals surface area contributed by atoms with Crippen molar-refractivity contribution in [1.29, 1.82) is 0 Å². The highest BCUT2D eigenvalue weighted by molar-refractivity contribution is 4.89. The van der Waals surface area contributed by atoms with Crippen LogP contribution in [0.2, 0.25) is 0 Å². The van der Waals surface area contributed by atoms with Gasteiger partial charge < -0.3 is 14.6 Å². The summed E-state index contributed by atoms with van der Waals surface area (Å²) < 4.78 is 11.3. The normalized spacial score (nSPS) is 16.9. The highest BCUT2D eigenvalue weighted by atomic mass is 16.5. The zero-order valence-corrected chi connectivity index (χ0v) is 15.4. The van der Waals surface area contributed by atoms with Gasteiger partial charge in [0.1, 0.15) is 0 Å². The van der Waals surface area contributed by atoms with Crippen LogP contribution in [0, 0.1) is 22.7 Å². The van der Waals surface area contributed by atoms with E-state index in [2.05, 4.69) is 54.7 Å². The molecule has 0 aromatic heterocycles. The van der Waals surface area contributed by atoms with Gasteiger partial charge in [0.2, 0.25) is 0 Å². The third kappa shape index (κ3) is 7.57. The largest absolute Gasteiger partial charge is 0.392 e. The lowest BCUT2D eigenvalue weighted by molar-refractivity contribution is -0.0896. The molecule has 0 aliphatic heterocycles. The van der Waals surface area contributed by atoms with E-state index in [4.69, 9.17) is 9.47 Å². The van der Waals surface area contributed by atoms with Gasteiger partial charge in [0.25, 0.3) is 0 Å². The Morgan fingerprint density at radius 2 is 1.14 bits per heavy atom. The minimum Gasteiger partial charge on any atom is -0.392 e. The van der Waals surface area contributed by atoms with Crippen molar-refractivity contribution in [3.05, 3.63) is 25.3 Å². The maximum absolute atomic E-state index is 11.0. The van der Waals surface area contributed by atoms with Gasteiger partial charge in [-0.15, -0.1) is 13.2 Å². The molecule has 130 valence electrons. The van der Waals surface area contributed by atoms with Crippen LogP contribution in [0.1, 0.15) is 41.5 Å². The Morgan fingerprint density at radius 3 is 1.36 bits per heavy atom. The first-order valence-electron chi connectivity index (χ1n) is 8.11. The minimum atomic E-state index is -0.491. The van der Waals surface area contributed by atoms with Crippen molar-refractivity contribution in [3.63, 3.8) is 0 Å². The van der Waals surface area contributed by atoms with E-state index in [1.54, 1.807) is 12.2 Å². The fourth-order valence-electron chi connectivity index (χ4n) is 2.56. The van der Waals surface area contributed by atoms with E-state index in [9.17, 15) is 5.11 Å². The summed E-state index contributed by atoms with van der Waals surface area (Å²) in [4.78, 5) is 0. The van der Waals surface area contributed by atoms with Gasteiger partial charge in [-0.3, -0.25) is 0 Å². The van der Waals surface area contributed by atoms with Crippen molar-refractivity contribution < 1.29 is 14.6 Å². The molecule has 0 amide bonds. The first-order valence-corrected chi connectivity index (χ1v) is 8.11. The van der Waals surface area contributed by atoms with Crippen molar-refractivity contribution in [2.45, 2.75) is 47.6 Å². The SMILES string of the molecule is C=CCOCC(C(O)C(COCC=C)C(C)(C)C)C(C)(C)C. The third-order valence-corrected chi connectivity index (χ3v) is 4.12. The van der Waals surface area contributed by atoms with E-state index in [1.165, 1.54) is 0 Å². The Hall–Kier alpha value is -0.640. The molecule has 3 nitrogen and oxygen atoms in total. The average molecular weight is 312 g/mol. The van der Waals surface area contributed by atoms with Crippen LogP contribution < -0.4 is 0 Å². The predicted molar refractivity (Wildman–Crippen MR) is 93.9 cm³/mol. The maximum Gasteiger partial charge on any atom is 0.0650 e.